The third-order valence-electron chi connectivity index (χ3n) is 2.33. The Labute approximate surface area is 126 Å². The van der Waals surface area contributed by atoms with E-state index in [1.807, 2.05) is 23.6 Å². The molecule has 0 spiro atoms. The molecule has 0 saturated carbocycles. The van der Waals surface area contributed by atoms with E-state index < -0.39 is 0 Å². The first-order valence-electron chi connectivity index (χ1n) is 5.32. The SMILES string of the molecule is Clc1ccc(Nc2nnc(-c3sccc3Br)o2)cc1. The molecule has 0 atom stereocenters. The molecule has 19 heavy (non-hydrogen) atoms. The Morgan fingerprint density at radius 1 is 1.16 bits per heavy atom. The number of halogens is 2. The molecule has 2 heterocycles. The van der Waals surface area contributed by atoms with Gasteiger partial charge in [0, 0.05) is 15.2 Å². The van der Waals surface area contributed by atoms with Gasteiger partial charge in [-0.05, 0) is 51.6 Å². The summed E-state index contributed by atoms with van der Waals surface area (Å²) >= 11 is 10.8. The third-order valence-corrected chi connectivity index (χ3v) is 4.41. The first-order chi connectivity index (χ1) is 9.22. The predicted molar refractivity (Wildman–Crippen MR) is 80.0 cm³/mol. The van der Waals surface area contributed by atoms with Gasteiger partial charge in [0.25, 0.3) is 5.89 Å². The van der Waals surface area contributed by atoms with E-state index in [9.17, 15) is 0 Å². The molecular weight excluding hydrogens is 350 g/mol. The van der Waals surface area contributed by atoms with Crippen LogP contribution in [0, 0.1) is 0 Å². The monoisotopic (exact) mass is 355 g/mol. The molecule has 0 aliphatic carbocycles. The molecule has 0 amide bonds. The van der Waals surface area contributed by atoms with E-state index >= 15 is 0 Å². The zero-order chi connectivity index (χ0) is 13.2. The van der Waals surface area contributed by atoms with E-state index in [-0.39, 0.29) is 0 Å². The van der Waals surface area contributed by atoms with Crippen molar-refractivity contribution in [3.63, 3.8) is 0 Å². The van der Waals surface area contributed by atoms with Crippen LogP contribution < -0.4 is 5.32 Å². The van der Waals surface area contributed by atoms with Crippen molar-refractivity contribution >= 4 is 50.6 Å². The van der Waals surface area contributed by atoms with E-state index in [4.69, 9.17) is 16.0 Å². The van der Waals surface area contributed by atoms with Crippen molar-refractivity contribution in [2.75, 3.05) is 5.32 Å². The van der Waals surface area contributed by atoms with Gasteiger partial charge in [-0.15, -0.1) is 16.4 Å². The highest BCUT2D eigenvalue weighted by molar-refractivity contribution is 9.10. The number of aromatic nitrogens is 2. The van der Waals surface area contributed by atoms with Gasteiger partial charge in [-0.25, -0.2) is 0 Å². The van der Waals surface area contributed by atoms with Crippen LogP contribution in [0.5, 0.6) is 0 Å². The van der Waals surface area contributed by atoms with Crippen molar-refractivity contribution < 1.29 is 4.42 Å². The van der Waals surface area contributed by atoms with Crippen LogP contribution in [0.1, 0.15) is 0 Å². The van der Waals surface area contributed by atoms with E-state index in [0.29, 0.717) is 16.9 Å². The lowest BCUT2D eigenvalue weighted by Crippen LogP contribution is -1.89. The maximum Gasteiger partial charge on any atom is 0.320 e. The fraction of sp³-hybridized carbons (Fsp3) is 0. The molecule has 0 aliphatic rings. The van der Waals surface area contributed by atoms with E-state index in [1.165, 1.54) is 11.3 Å². The smallest absolute Gasteiger partial charge is 0.320 e. The Kier molecular flexibility index (Phi) is 3.54. The molecular formula is C12H7BrClN3OS. The summed E-state index contributed by atoms with van der Waals surface area (Å²) in [6.07, 6.45) is 0. The number of hydrogen-bond donors (Lipinski definition) is 1. The Morgan fingerprint density at radius 3 is 2.63 bits per heavy atom. The van der Waals surface area contributed by atoms with Gasteiger partial charge in [0.2, 0.25) is 0 Å². The standard InChI is InChI=1S/C12H7BrClN3OS/c13-9-5-6-19-10(9)11-16-17-12(18-11)15-8-3-1-7(14)2-4-8/h1-6H,(H,15,17). The van der Waals surface area contributed by atoms with Crippen molar-refractivity contribution in [2.24, 2.45) is 0 Å². The minimum absolute atomic E-state index is 0.345. The molecule has 0 aliphatic heterocycles. The van der Waals surface area contributed by atoms with Gasteiger partial charge in [0.1, 0.15) is 4.88 Å². The van der Waals surface area contributed by atoms with E-state index in [1.54, 1.807) is 12.1 Å². The van der Waals surface area contributed by atoms with Gasteiger partial charge in [-0.3, -0.25) is 0 Å². The largest absolute Gasteiger partial charge is 0.402 e. The van der Waals surface area contributed by atoms with Gasteiger partial charge in [0.05, 0.1) is 0 Å². The van der Waals surface area contributed by atoms with Crippen molar-refractivity contribution in [3.05, 3.63) is 45.2 Å². The number of thiophene rings is 1. The number of hydrogen-bond acceptors (Lipinski definition) is 5. The summed E-state index contributed by atoms with van der Waals surface area (Å²) in [6.45, 7) is 0. The normalized spacial score (nSPS) is 10.6. The van der Waals surface area contributed by atoms with Crippen LogP contribution in [0.25, 0.3) is 10.8 Å². The highest BCUT2D eigenvalue weighted by Gasteiger charge is 2.12. The first-order valence-corrected chi connectivity index (χ1v) is 7.37. The Hall–Kier alpha value is -1.37. The lowest BCUT2D eigenvalue weighted by atomic mass is 10.3. The number of nitrogens with zero attached hydrogens (tertiary/aromatic N) is 2. The molecule has 96 valence electrons. The Balaban J connectivity index is 1.82. The molecule has 0 fully saturated rings. The van der Waals surface area contributed by atoms with Gasteiger partial charge < -0.3 is 9.73 Å². The average Bonchev–Trinajstić information content (AvgIpc) is 3.01. The highest BCUT2D eigenvalue weighted by Crippen LogP contribution is 2.33. The third kappa shape index (κ3) is 2.80. The molecule has 1 aromatic carbocycles. The topological polar surface area (TPSA) is 51.0 Å². The zero-order valence-electron chi connectivity index (χ0n) is 9.43. The number of benzene rings is 1. The molecule has 0 saturated heterocycles. The van der Waals surface area contributed by atoms with Crippen LogP contribution in [0.4, 0.5) is 11.7 Å². The average molecular weight is 357 g/mol. The fourth-order valence-corrected chi connectivity index (χ4v) is 3.06. The molecule has 3 rings (SSSR count). The number of rotatable bonds is 3. The lowest BCUT2D eigenvalue weighted by molar-refractivity contribution is 0.589. The fourth-order valence-electron chi connectivity index (χ4n) is 1.47. The molecule has 7 heteroatoms. The van der Waals surface area contributed by atoms with Crippen LogP contribution in [-0.4, -0.2) is 10.2 Å². The van der Waals surface area contributed by atoms with Crippen LogP contribution in [0.3, 0.4) is 0 Å². The van der Waals surface area contributed by atoms with Gasteiger partial charge >= 0.3 is 6.01 Å². The predicted octanol–water partition coefficient (Wildman–Crippen LogP) is 4.96. The molecule has 0 radical (unpaired) electrons. The van der Waals surface area contributed by atoms with Gasteiger partial charge in [-0.1, -0.05) is 16.7 Å². The summed E-state index contributed by atoms with van der Waals surface area (Å²) in [6, 6.07) is 9.54. The van der Waals surface area contributed by atoms with Crippen LogP contribution in [0.15, 0.2) is 44.6 Å². The number of anilines is 2. The second-order valence-corrected chi connectivity index (χ2v) is 5.85. The molecule has 0 unspecified atom stereocenters. The van der Waals surface area contributed by atoms with Crippen molar-refractivity contribution in [1.82, 2.24) is 10.2 Å². The first kappa shape index (κ1) is 12.7. The summed E-state index contributed by atoms with van der Waals surface area (Å²) in [5.41, 5.74) is 0.838. The minimum atomic E-state index is 0.345. The maximum atomic E-state index is 5.82. The quantitative estimate of drug-likeness (QED) is 0.721. The highest BCUT2D eigenvalue weighted by atomic mass is 79.9. The summed E-state index contributed by atoms with van der Waals surface area (Å²) in [5.74, 6) is 0.485. The van der Waals surface area contributed by atoms with Crippen molar-refractivity contribution in [3.8, 4) is 10.8 Å². The second-order valence-electron chi connectivity index (χ2n) is 3.64. The molecule has 0 bridgehead atoms. The minimum Gasteiger partial charge on any atom is -0.402 e. The van der Waals surface area contributed by atoms with E-state index in [0.717, 1.165) is 15.0 Å². The Morgan fingerprint density at radius 2 is 1.95 bits per heavy atom. The van der Waals surface area contributed by atoms with Crippen LogP contribution >= 0.6 is 38.9 Å². The second kappa shape index (κ2) is 5.32. The summed E-state index contributed by atoms with van der Waals surface area (Å²) in [4.78, 5) is 0.914. The zero-order valence-corrected chi connectivity index (χ0v) is 12.6. The van der Waals surface area contributed by atoms with Crippen LogP contribution in [0.2, 0.25) is 5.02 Å². The van der Waals surface area contributed by atoms with Crippen molar-refractivity contribution in [1.29, 1.82) is 0 Å². The Bertz CT molecular complexity index is 695. The molecule has 3 aromatic rings. The van der Waals surface area contributed by atoms with E-state index in [2.05, 4.69) is 31.4 Å². The molecule has 4 nitrogen and oxygen atoms in total. The number of nitrogens with one attached hydrogen (secondary N) is 1. The molecule has 2 aromatic heterocycles. The lowest BCUT2D eigenvalue weighted by Gasteiger charge is -2.00. The van der Waals surface area contributed by atoms with Crippen LogP contribution in [-0.2, 0) is 0 Å². The maximum absolute atomic E-state index is 5.82. The molecule has 1 N–H and O–H groups in total. The summed E-state index contributed by atoms with van der Waals surface area (Å²) < 4.78 is 6.50. The van der Waals surface area contributed by atoms with Crippen molar-refractivity contribution in [2.45, 2.75) is 0 Å². The van der Waals surface area contributed by atoms with Gasteiger partial charge in [-0.2, -0.15) is 0 Å². The summed E-state index contributed by atoms with van der Waals surface area (Å²) in [5, 5.41) is 13.6. The summed E-state index contributed by atoms with van der Waals surface area (Å²) in [7, 11) is 0. The van der Waals surface area contributed by atoms with Gasteiger partial charge in [0.15, 0.2) is 0 Å².